The predicted octanol–water partition coefficient (Wildman–Crippen LogP) is 1.34. The van der Waals surface area contributed by atoms with E-state index in [-0.39, 0.29) is 43.3 Å². The lowest BCUT2D eigenvalue weighted by Gasteiger charge is -2.17. The maximum absolute atomic E-state index is 12.0. The van der Waals surface area contributed by atoms with Gasteiger partial charge in [-0.2, -0.15) is 11.8 Å². The highest BCUT2D eigenvalue weighted by atomic mass is 32.2. The van der Waals surface area contributed by atoms with Crippen molar-refractivity contribution in [1.82, 2.24) is 20.6 Å². The van der Waals surface area contributed by atoms with Crippen LogP contribution in [0.5, 0.6) is 0 Å². The number of carbonyl (C=O) groups excluding carboxylic acids is 5. The summed E-state index contributed by atoms with van der Waals surface area (Å²) < 4.78 is 0. The monoisotopic (exact) mass is 468 g/mol. The molecule has 2 N–H and O–H groups in total. The van der Waals surface area contributed by atoms with E-state index in [0.29, 0.717) is 29.7 Å². The van der Waals surface area contributed by atoms with Crippen LogP contribution in [-0.2, 0) is 24.0 Å². The lowest BCUT2D eigenvalue weighted by molar-refractivity contribution is -0.197. The van der Waals surface area contributed by atoms with E-state index in [1.54, 1.807) is 4.90 Å². The molecule has 11 heteroatoms. The molecule has 5 amide bonds. The second kappa shape index (κ2) is 11.5. The maximum Gasteiger partial charge on any atom is 0.333 e. The standard InChI is InChI=1S/C21H32N4O6S/c1-24-14-13-32-15(20(14)23-21(24)30)7-4-5-8-16(26)22-12-6-2-3-9-19(29)31-25-17(27)10-11-18(25)28/h14-15,20H,2-13H2,1H3,(H,22,26)(H,23,30)/t14-,15-,20-/m0/s1. The number of urea groups is 1. The van der Waals surface area contributed by atoms with Gasteiger partial charge in [0.05, 0.1) is 12.1 Å². The first-order valence-electron chi connectivity index (χ1n) is 11.3. The van der Waals surface area contributed by atoms with Crippen molar-refractivity contribution in [2.24, 2.45) is 0 Å². The Labute approximate surface area is 192 Å². The first-order valence-corrected chi connectivity index (χ1v) is 12.4. The molecule has 0 aromatic carbocycles. The maximum atomic E-state index is 12.0. The second-order valence-corrected chi connectivity index (χ2v) is 9.75. The molecule has 3 fully saturated rings. The van der Waals surface area contributed by atoms with Gasteiger partial charge in [-0.1, -0.05) is 12.8 Å². The Kier molecular flexibility index (Phi) is 8.77. The van der Waals surface area contributed by atoms with Gasteiger partial charge in [0.25, 0.3) is 11.8 Å². The van der Waals surface area contributed by atoms with E-state index in [1.807, 2.05) is 18.8 Å². The van der Waals surface area contributed by atoms with Crippen molar-refractivity contribution in [2.75, 3.05) is 19.3 Å². The number of thioether (sulfide) groups is 1. The molecule has 0 bridgehead atoms. The molecule has 32 heavy (non-hydrogen) atoms. The summed E-state index contributed by atoms with van der Waals surface area (Å²) in [7, 11) is 1.85. The van der Waals surface area contributed by atoms with Crippen LogP contribution in [0.3, 0.4) is 0 Å². The van der Waals surface area contributed by atoms with Gasteiger partial charge in [0.1, 0.15) is 0 Å². The average Bonchev–Trinajstić information content (AvgIpc) is 3.39. The third kappa shape index (κ3) is 6.36. The Morgan fingerprint density at radius 2 is 1.78 bits per heavy atom. The van der Waals surface area contributed by atoms with E-state index in [1.165, 1.54) is 0 Å². The molecule has 0 aromatic rings. The number of hydrogen-bond acceptors (Lipinski definition) is 7. The minimum atomic E-state index is -0.590. The second-order valence-electron chi connectivity index (χ2n) is 8.48. The Bertz CT molecular complexity index is 732. The molecule has 10 nitrogen and oxygen atoms in total. The van der Waals surface area contributed by atoms with Crippen LogP contribution in [-0.4, -0.2) is 76.4 Å². The number of hydrogen-bond donors (Lipinski definition) is 2. The molecule has 0 aromatic heterocycles. The van der Waals surface area contributed by atoms with Crippen molar-refractivity contribution < 1.29 is 28.8 Å². The molecule has 0 spiro atoms. The number of imide groups is 1. The number of amides is 5. The predicted molar refractivity (Wildman–Crippen MR) is 117 cm³/mol. The van der Waals surface area contributed by atoms with E-state index in [2.05, 4.69) is 10.6 Å². The molecule has 3 atom stereocenters. The van der Waals surface area contributed by atoms with Gasteiger partial charge in [-0.25, -0.2) is 9.59 Å². The quantitative estimate of drug-likeness (QED) is 0.251. The minimum Gasteiger partial charge on any atom is -0.356 e. The summed E-state index contributed by atoms with van der Waals surface area (Å²) in [5, 5.41) is 6.95. The molecule has 3 aliphatic rings. The number of fused-ring (bicyclic) bond motifs is 1. The zero-order chi connectivity index (χ0) is 23.1. The SMILES string of the molecule is CN1C(=O)N[C@@H]2[C@H](CCCCC(=O)NCCCCCC(=O)ON3C(=O)CCC3=O)SC[C@@H]21. The number of nitrogens with one attached hydrogen (secondary N) is 2. The van der Waals surface area contributed by atoms with Crippen molar-refractivity contribution in [3.63, 3.8) is 0 Å². The topological polar surface area (TPSA) is 125 Å². The Morgan fingerprint density at radius 1 is 1.06 bits per heavy atom. The van der Waals surface area contributed by atoms with Crippen molar-refractivity contribution >= 4 is 41.5 Å². The number of rotatable bonds is 12. The largest absolute Gasteiger partial charge is 0.356 e. The van der Waals surface area contributed by atoms with Crippen LogP contribution in [0.4, 0.5) is 4.79 Å². The van der Waals surface area contributed by atoms with E-state index < -0.39 is 17.8 Å². The molecule has 3 heterocycles. The van der Waals surface area contributed by atoms with E-state index >= 15 is 0 Å². The van der Waals surface area contributed by atoms with Crippen molar-refractivity contribution in [3.8, 4) is 0 Å². The Balaban J connectivity index is 1.16. The van der Waals surface area contributed by atoms with Crippen LogP contribution in [0.1, 0.15) is 64.2 Å². The summed E-state index contributed by atoms with van der Waals surface area (Å²) >= 11 is 1.91. The number of likely N-dealkylation sites (N-methyl/N-ethyl adjacent to an activating group) is 1. The van der Waals surface area contributed by atoms with Crippen LogP contribution >= 0.6 is 11.8 Å². The van der Waals surface area contributed by atoms with E-state index in [0.717, 1.165) is 37.9 Å². The summed E-state index contributed by atoms with van der Waals surface area (Å²) in [6.45, 7) is 0.553. The first-order chi connectivity index (χ1) is 15.4. The van der Waals surface area contributed by atoms with Gasteiger partial charge >= 0.3 is 12.0 Å². The molecule has 3 saturated heterocycles. The highest BCUT2D eigenvalue weighted by Gasteiger charge is 2.46. The molecule has 0 aliphatic carbocycles. The van der Waals surface area contributed by atoms with E-state index in [4.69, 9.17) is 4.84 Å². The van der Waals surface area contributed by atoms with Gasteiger partial charge in [0, 0.05) is 50.3 Å². The third-order valence-corrected chi connectivity index (χ3v) is 7.62. The average molecular weight is 469 g/mol. The molecule has 0 radical (unpaired) electrons. The minimum absolute atomic E-state index is 0.0124. The number of carbonyl (C=O) groups is 5. The van der Waals surface area contributed by atoms with Crippen molar-refractivity contribution in [3.05, 3.63) is 0 Å². The van der Waals surface area contributed by atoms with Gasteiger partial charge in [-0.15, -0.1) is 5.06 Å². The molecular weight excluding hydrogens is 436 g/mol. The van der Waals surface area contributed by atoms with Crippen molar-refractivity contribution in [1.29, 1.82) is 0 Å². The summed E-state index contributed by atoms with van der Waals surface area (Å²) in [6.07, 6.45) is 5.61. The Hall–Kier alpha value is -2.30. The van der Waals surface area contributed by atoms with Crippen LogP contribution in [0.15, 0.2) is 0 Å². The van der Waals surface area contributed by atoms with Crippen LogP contribution in [0.2, 0.25) is 0 Å². The summed E-state index contributed by atoms with van der Waals surface area (Å²) in [5.74, 6) is -0.545. The van der Waals surface area contributed by atoms with Gasteiger partial charge in [0.2, 0.25) is 5.91 Å². The summed E-state index contributed by atoms with van der Waals surface area (Å²) in [6, 6.07) is 0.520. The first kappa shape index (κ1) is 24.3. The van der Waals surface area contributed by atoms with Gasteiger partial charge in [0.15, 0.2) is 0 Å². The molecule has 0 saturated carbocycles. The van der Waals surface area contributed by atoms with Crippen molar-refractivity contribution in [2.45, 2.75) is 81.5 Å². The van der Waals surface area contributed by atoms with Gasteiger partial charge in [-0.05, 0) is 25.7 Å². The highest BCUT2D eigenvalue weighted by molar-refractivity contribution is 8.00. The summed E-state index contributed by atoms with van der Waals surface area (Å²) in [4.78, 5) is 64.8. The molecule has 178 valence electrons. The fourth-order valence-corrected chi connectivity index (χ4v) is 5.87. The molecule has 3 aliphatic heterocycles. The normalized spacial score (nSPS) is 24.7. The van der Waals surface area contributed by atoms with Crippen LogP contribution in [0.25, 0.3) is 0 Å². The number of nitrogens with zero attached hydrogens (tertiary/aromatic N) is 2. The van der Waals surface area contributed by atoms with E-state index in [9.17, 15) is 24.0 Å². The van der Waals surface area contributed by atoms with Crippen LogP contribution < -0.4 is 10.6 Å². The lowest BCUT2D eigenvalue weighted by Crippen LogP contribution is -2.37. The van der Waals surface area contributed by atoms with Gasteiger partial charge < -0.3 is 20.4 Å². The fraction of sp³-hybridized carbons (Fsp3) is 0.762. The summed E-state index contributed by atoms with van der Waals surface area (Å²) in [5.41, 5.74) is 0. The van der Waals surface area contributed by atoms with Crippen LogP contribution in [0, 0.1) is 0 Å². The zero-order valence-electron chi connectivity index (χ0n) is 18.5. The zero-order valence-corrected chi connectivity index (χ0v) is 19.3. The molecule has 0 unspecified atom stereocenters. The number of unbranched alkanes of at least 4 members (excludes halogenated alkanes) is 3. The fourth-order valence-electron chi connectivity index (χ4n) is 4.20. The van der Waals surface area contributed by atoms with Gasteiger partial charge in [-0.3, -0.25) is 14.4 Å². The Morgan fingerprint density at radius 3 is 2.53 bits per heavy atom. The highest BCUT2D eigenvalue weighted by Crippen LogP contribution is 2.36. The lowest BCUT2D eigenvalue weighted by atomic mass is 10.0. The molecular formula is C21H32N4O6S. The number of hydroxylamine groups is 2. The molecule has 3 rings (SSSR count). The smallest absolute Gasteiger partial charge is 0.333 e. The third-order valence-electron chi connectivity index (χ3n) is 6.13.